The third-order valence-corrected chi connectivity index (χ3v) is 4.00. The number of likely N-dealkylation sites (tertiary alicyclic amines) is 1. The number of phenolic OH excluding ortho intramolecular Hbond substituents is 1. The summed E-state index contributed by atoms with van der Waals surface area (Å²) < 4.78 is 5.57. The van der Waals surface area contributed by atoms with Crippen molar-refractivity contribution in [3.8, 4) is 5.75 Å². The molecule has 1 aromatic carbocycles. The normalized spacial score (nSPS) is 25.3. The minimum Gasteiger partial charge on any atom is -0.506 e. The number of nitrogens with zero attached hydrogens (tertiary/aromatic N) is 1. The van der Waals surface area contributed by atoms with Crippen LogP contribution in [0.5, 0.6) is 5.75 Å². The van der Waals surface area contributed by atoms with E-state index >= 15 is 0 Å². The van der Waals surface area contributed by atoms with Crippen LogP contribution in [0.2, 0.25) is 5.02 Å². The molecule has 0 radical (unpaired) electrons. The molecule has 1 N–H and O–H groups in total. The molecule has 0 aromatic heterocycles. The predicted octanol–water partition coefficient (Wildman–Crippen LogP) is 3.05. The molecule has 3 nitrogen and oxygen atoms in total. The van der Waals surface area contributed by atoms with Crippen molar-refractivity contribution in [3.63, 3.8) is 0 Å². The van der Waals surface area contributed by atoms with Crippen LogP contribution in [0.15, 0.2) is 18.2 Å². The lowest BCUT2D eigenvalue weighted by molar-refractivity contribution is -0.0528. The number of hydrogen-bond acceptors (Lipinski definition) is 3. The average Bonchev–Trinajstić information content (AvgIpc) is 2.35. The number of para-hydroxylation sites is 1. The van der Waals surface area contributed by atoms with Gasteiger partial charge in [0, 0.05) is 25.8 Å². The van der Waals surface area contributed by atoms with Crippen molar-refractivity contribution in [2.24, 2.45) is 0 Å². The molecule has 1 aliphatic heterocycles. The molecule has 1 aromatic rings. The van der Waals surface area contributed by atoms with Crippen molar-refractivity contribution in [1.29, 1.82) is 0 Å². The molecule has 0 spiro atoms. The van der Waals surface area contributed by atoms with Crippen LogP contribution in [0.3, 0.4) is 0 Å². The van der Waals surface area contributed by atoms with E-state index in [-0.39, 0.29) is 11.4 Å². The van der Waals surface area contributed by atoms with Gasteiger partial charge in [-0.05, 0) is 32.4 Å². The Balaban J connectivity index is 2.07. The Labute approximate surface area is 113 Å². The maximum absolute atomic E-state index is 9.93. The van der Waals surface area contributed by atoms with Crippen molar-refractivity contribution in [1.82, 2.24) is 4.90 Å². The van der Waals surface area contributed by atoms with Crippen LogP contribution < -0.4 is 0 Å². The summed E-state index contributed by atoms with van der Waals surface area (Å²) in [6, 6.07) is 5.49. The van der Waals surface area contributed by atoms with Gasteiger partial charge in [-0.25, -0.2) is 0 Å². The Morgan fingerprint density at radius 2 is 2.28 bits per heavy atom. The van der Waals surface area contributed by atoms with E-state index < -0.39 is 0 Å². The van der Waals surface area contributed by atoms with Crippen LogP contribution in [0.4, 0.5) is 0 Å². The topological polar surface area (TPSA) is 32.7 Å². The van der Waals surface area contributed by atoms with Crippen LogP contribution in [-0.2, 0) is 11.3 Å². The maximum atomic E-state index is 9.93. The van der Waals surface area contributed by atoms with Crippen molar-refractivity contribution in [2.75, 3.05) is 20.2 Å². The van der Waals surface area contributed by atoms with E-state index in [2.05, 4.69) is 11.8 Å². The third-order valence-electron chi connectivity index (χ3n) is 3.70. The lowest BCUT2D eigenvalue weighted by Gasteiger charge is -2.39. The van der Waals surface area contributed by atoms with Gasteiger partial charge in [-0.2, -0.15) is 0 Å². The second-order valence-electron chi connectivity index (χ2n) is 5.22. The van der Waals surface area contributed by atoms with Gasteiger partial charge in [0.25, 0.3) is 0 Å². The molecule has 1 fully saturated rings. The molecular weight excluding hydrogens is 250 g/mol. The second-order valence-corrected chi connectivity index (χ2v) is 5.62. The summed E-state index contributed by atoms with van der Waals surface area (Å²) in [4.78, 5) is 2.30. The molecular formula is C14H20ClNO2. The second kappa shape index (κ2) is 5.47. The molecule has 0 saturated carbocycles. The SMILES string of the molecule is COC1(C)CCCN(Cc2cccc(Cl)c2O)C1. The van der Waals surface area contributed by atoms with E-state index in [1.54, 1.807) is 13.2 Å². The fourth-order valence-electron chi connectivity index (χ4n) is 2.54. The highest BCUT2D eigenvalue weighted by Crippen LogP contribution is 2.30. The average molecular weight is 270 g/mol. The van der Waals surface area contributed by atoms with Gasteiger partial charge in [-0.15, -0.1) is 0 Å². The molecule has 1 aliphatic rings. The van der Waals surface area contributed by atoms with Gasteiger partial charge < -0.3 is 9.84 Å². The Kier molecular flexibility index (Phi) is 4.15. The van der Waals surface area contributed by atoms with Crippen molar-refractivity contribution < 1.29 is 9.84 Å². The van der Waals surface area contributed by atoms with Crippen LogP contribution >= 0.6 is 11.6 Å². The van der Waals surface area contributed by atoms with Gasteiger partial charge in [0.05, 0.1) is 10.6 Å². The van der Waals surface area contributed by atoms with E-state index in [4.69, 9.17) is 16.3 Å². The standard InChI is InChI=1S/C14H20ClNO2/c1-14(18-2)7-4-8-16(10-14)9-11-5-3-6-12(15)13(11)17/h3,5-6,17H,4,7-10H2,1-2H3. The van der Waals surface area contributed by atoms with Gasteiger partial charge >= 0.3 is 0 Å². The molecule has 4 heteroatoms. The molecule has 0 bridgehead atoms. The number of ether oxygens (including phenoxy) is 1. The molecule has 1 heterocycles. The van der Waals surface area contributed by atoms with Gasteiger partial charge in [0.1, 0.15) is 5.75 Å². The van der Waals surface area contributed by atoms with E-state index in [1.165, 1.54) is 0 Å². The first kappa shape index (κ1) is 13.7. The number of hydrogen-bond donors (Lipinski definition) is 1. The lowest BCUT2D eigenvalue weighted by atomic mass is 9.94. The Bertz CT molecular complexity index is 424. The van der Waals surface area contributed by atoms with Gasteiger partial charge in [-0.1, -0.05) is 23.7 Å². The zero-order valence-corrected chi connectivity index (χ0v) is 11.7. The largest absolute Gasteiger partial charge is 0.506 e. The van der Waals surface area contributed by atoms with Crippen molar-refractivity contribution in [3.05, 3.63) is 28.8 Å². The molecule has 1 atom stereocenters. The zero-order chi connectivity index (χ0) is 13.2. The Morgan fingerprint density at radius 3 is 3.00 bits per heavy atom. The molecule has 0 aliphatic carbocycles. The highest BCUT2D eigenvalue weighted by Gasteiger charge is 2.30. The number of phenols is 1. The fraction of sp³-hybridized carbons (Fsp3) is 0.571. The Morgan fingerprint density at radius 1 is 1.50 bits per heavy atom. The molecule has 100 valence electrons. The highest BCUT2D eigenvalue weighted by molar-refractivity contribution is 6.32. The predicted molar refractivity (Wildman–Crippen MR) is 73.0 cm³/mol. The van der Waals surface area contributed by atoms with E-state index in [1.807, 2.05) is 12.1 Å². The summed E-state index contributed by atoms with van der Waals surface area (Å²) in [7, 11) is 1.76. The minimum absolute atomic E-state index is 0.0769. The van der Waals surface area contributed by atoms with Gasteiger partial charge in [0.2, 0.25) is 0 Å². The number of piperidine rings is 1. The number of aromatic hydroxyl groups is 1. The Hall–Kier alpha value is -0.770. The van der Waals surface area contributed by atoms with E-state index in [0.29, 0.717) is 11.6 Å². The summed E-state index contributed by atoms with van der Waals surface area (Å²) in [5.74, 6) is 0.198. The van der Waals surface area contributed by atoms with Crippen LogP contribution in [0.1, 0.15) is 25.3 Å². The third kappa shape index (κ3) is 2.97. The quantitative estimate of drug-likeness (QED) is 0.916. The summed E-state index contributed by atoms with van der Waals surface area (Å²) >= 11 is 5.92. The van der Waals surface area contributed by atoms with Crippen molar-refractivity contribution >= 4 is 11.6 Å². The van der Waals surface area contributed by atoms with Gasteiger partial charge in [-0.3, -0.25) is 4.90 Å². The number of methoxy groups -OCH3 is 1. The van der Waals surface area contributed by atoms with E-state index in [9.17, 15) is 5.11 Å². The molecule has 1 unspecified atom stereocenters. The number of rotatable bonds is 3. The van der Waals surface area contributed by atoms with E-state index in [0.717, 1.165) is 31.5 Å². The van der Waals surface area contributed by atoms with Crippen molar-refractivity contribution in [2.45, 2.75) is 31.9 Å². The first-order valence-corrected chi connectivity index (χ1v) is 6.66. The lowest BCUT2D eigenvalue weighted by Crippen LogP contribution is -2.46. The summed E-state index contributed by atoms with van der Waals surface area (Å²) in [5, 5.41) is 10.3. The maximum Gasteiger partial charge on any atom is 0.138 e. The first-order chi connectivity index (χ1) is 8.54. The monoisotopic (exact) mass is 269 g/mol. The number of halogens is 1. The first-order valence-electron chi connectivity index (χ1n) is 6.28. The summed E-state index contributed by atoms with van der Waals surface area (Å²) in [6.07, 6.45) is 2.20. The van der Waals surface area contributed by atoms with Gasteiger partial charge in [0.15, 0.2) is 0 Å². The summed E-state index contributed by atoms with van der Waals surface area (Å²) in [5.41, 5.74) is 0.801. The minimum atomic E-state index is -0.0769. The fourth-order valence-corrected chi connectivity index (χ4v) is 2.73. The number of benzene rings is 1. The summed E-state index contributed by atoms with van der Waals surface area (Å²) in [6.45, 7) is 4.77. The zero-order valence-electron chi connectivity index (χ0n) is 10.9. The molecule has 18 heavy (non-hydrogen) atoms. The smallest absolute Gasteiger partial charge is 0.138 e. The molecule has 0 amide bonds. The highest BCUT2D eigenvalue weighted by atomic mass is 35.5. The van der Waals surface area contributed by atoms with Crippen LogP contribution in [0.25, 0.3) is 0 Å². The molecule has 1 saturated heterocycles. The van der Waals surface area contributed by atoms with Crippen LogP contribution in [-0.4, -0.2) is 35.8 Å². The molecule has 2 rings (SSSR count). The van der Waals surface area contributed by atoms with Crippen LogP contribution in [0, 0.1) is 0 Å².